The number of primary amides is 1. The number of amidine groups is 1. The first kappa shape index (κ1) is 14.0. The van der Waals surface area contributed by atoms with Crippen molar-refractivity contribution in [3.63, 3.8) is 0 Å². The Kier molecular flexibility index (Phi) is 6.01. The molecule has 0 unspecified atom stereocenters. The van der Waals surface area contributed by atoms with E-state index in [1.807, 2.05) is 0 Å². The van der Waals surface area contributed by atoms with Crippen LogP contribution in [-0.4, -0.2) is 36.3 Å². The van der Waals surface area contributed by atoms with Gasteiger partial charge in [-0.3, -0.25) is 9.79 Å². The van der Waals surface area contributed by atoms with Crippen LogP contribution in [0.15, 0.2) is 4.99 Å². The molecule has 1 amide bonds. The number of nitrogens with zero attached hydrogens (tertiary/aromatic N) is 2. The third-order valence-corrected chi connectivity index (χ3v) is 3.14. The third kappa shape index (κ3) is 5.20. The Bertz CT molecular complexity index is 274. The number of hydrogen-bond acceptors (Lipinski definition) is 3. The van der Waals surface area contributed by atoms with Gasteiger partial charge in [0.25, 0.3) is 0 Å². The van der Waals surface area contributed by atoms with E-state index in [0.29, 0.717) is 0 Å². The van der Waals surface area contributed by atoms with Crippen molar-refractivity contribution >= 4 is 11.7 Å². The quantitative estimate of drug-likeness (QED) is 0.758. The highest BCUT2D eigenvalue weighted by molar-refractivity contribution is 5.83. The molecule has 0 spiro atoms. The fourth-order valence-electron chi connectivity index (χ4n) is 1.94. The van der Waals surface area contributed by atoms with E-state index in [1.165, 1.54) is 51.0 Å². The van der Waals surface area contributed by atoms with E-state index in [2.05, 4.69) is 9.89 Å². The van der Waals surface area contributed by atoms with Crippen LogP contribution in [-0.2, 0) is 4.79 Å². The highest BCUT2D eigenvalue weighted by Gasteiger charge is 2.16. The fourth-order valence-corrected chi connectivity index (χ4v) is 1.94. The van der Waals surface area contributed by atoms with Gasteiger partial charge in [-0.2, -0.15) is 0 Å². The molecule has 0 aromatic carbocycles. The van der Waals surface area contributed by atoms with Crippen molar-refractivity contribution in [2.45, 2.75) is 46.0 Å². The predicted octanol–water partition coefficient (Wildman–Crippen LogP) is 1.79. The molecule has 2 rings (SSSR count). The van der Waals surface area contributed by atoms with Crippen LogP contribution >= 0.6 is 0 Å². The lowest BCUT2D eigenvalue weighted by Crippen LogP contribution is -2.34. The first-order chi connectivity index (χ1) is 8.11. The minimum Gasteiger partial charge on any atom is -0.369 e. The van der Waals surface area contributed by atoms with Crippen molar-refractivity contribution in [1.29, 1.82) is 0 Å². The zero-order valence-electron chi connectivity index (χ0n) is 11.1. The lowest BCUT2D eigenvalue weighted by atomic mass is 10.2. The van der Waals surface area contributed by atoms with Crippen LogP contribution in [0.5, 0.6) is 0 Å². The normalized spacial score (nSPS) is 19.7. The Hall–Kier alpha value is -1.06. The molecule has 0 saturated carbocycles. The van der Waals surface area contributed by atoms with Crippen molar-refractivity contribution in [3.8, 4) is 0 Å². The summed E-state index contributed by atoms with van der Waals surface area (Å²) in [6, 6.07) is 0. The molecule has 0 radical (unpaired) electrons. The van der Waals surface area contributed by atoms with Gasteiger partial charge in [-0.05, 0) is 19.3 Å². The summed E-state index contributed by atoms with van der Waals surface area (Å²) in [6.45, 7) is 7.13. The lowest BCUT2D eigenvalue weighted by Gasteiger charge is -2.27. The van der Waals surface area contributed by atoms with E-state index in [0.717, 1.165) is 6.54 Å². The van der Waals surface area contributed by atoms with Crippen molar-refractivity contribution in [1.82, 2.24) is 4.90 Å². The summed E-state index contributed by atoms with van der Waals surface area (Å²) in [4.78, 5) is 17.0. The van der Waals surface area contributed by atoms with E-state index in [-0.39, 0.29) is 11.8 Å². The molecule has 2 heterocycles. The monoisotopic (exact) mass is 239 g/mol. The summed E-state index contributed by atoms with van der Waals surface area (Å²) in [5.74, 6) is 1.15. The maximum atomic E-state index is 9.92. The van der Waals surface area contributed by atoms with Gasteiger partial charge in [0.05, 0.1) is 5.84 Å². The van der Waals surface area contributed by atoms with Crippen LogP contribution in [0.1, 0.15) is 46.0 Å². The fraction of sp³-hybridized carbons (Fsp3) is 0.846. The van der Waals surface area contributed by atoms with E-state index in [1.54, 1.807) is 13.8 Å². The van der Waals surface area contributed by atoms with Gasteiger partial charge in [0.2, 0.25) is 5.91 Å². The van der Waals surface area contributed by atoms with Gasteiger partial charge >= 0.3 is 0 Å². The Morgan fingerprint density at radius 1 is 1.24 bits per heavy atom. The highest BCUT2D eigenvalue weighted by atomic mass is 16.1. The number of rotatable bonds is 1. The zero-order valence-corrected chi connectivity index (χ0v) is 11.1. The van der Waals surface area contributed by atoms with Crippen molar-refractivity contribution in [2.24, 2.45) is 16.6 Å². The zero-order chi connectivity index (χ0) is 12.7. The molecule has 1 saturated heterocycles. The molecule has 0 aliphatic carbocycles. The van der Waals surface area contributed by atoms with Gasteiger partial charge in [-0.15, -0.1) is 0 Å². The second-order valence-electron chi connectivity index (χ2n) is 5.01. The number of carbonyl (C=O) groups excluding carboxylic acids is 1. The van der Waals surface area contributed by atoms with Gasteiger partial charge in [0, 0.05) is 32.0 Å². The van der Waals surface area contributed by atoms with Crippen molar-refractivity contribution in [2.75, 3.05) is 19.6 Å². The smallest absolute Gasteiger partial charge is 0.219 e. The van der Waals surface area contributed by atoms with Crippen LogP contribution in [0.2, 0.25) is 0 Å². The molecule has 4 nitrogen and oxygen atoms in total. The summed E-state index contributed by atoms with van der Waals surface area (Å²) < 4.78 is 0. The van der Waals surface area contributed by atoms with Gasteiger partial charge < -0.3 is 10.6 Å². The van der Waals surface area contributed by atoms with Crippen LogP contribution in [0.3, 0.4) is 0 Å². The maximum absolute atomic E-state index is 9.92. The third-order valence-electron chi connectivity index (χ3n) is 3.14. The average molecular weight is 239 g/mol. The minimum absolute atomic E-state index is 0.00926. The number of amides is 1. The molecule has 2 aliphatic heterocycles. The Balaban J connectivity index is 0.000000209. The molecular weight excluding hydrogens is 214 g/mol. The molecule has 2 aliphatic rings. The second-order valence-corrected chi connectivity index (χ2v) is 5.01. The molecule has 98 valence electrons. The van der Waals surface area contributed by atoms with E-state index in [9.17, 15) is 4.79 Å². The summed E-state index contributed by atoms with van der Waals surface area (Å²) >= 11 is 0. The topological polar surface area (TPSA) is 58.7 Å². The number of fused-ring (bicyclic) bond motifs is 1. The first-order valence-electron chi connectivity index (χ1n) is 6.69. The number of aliphatic imine (C=N–C) groups is 1. The van der Waals surface area contributed by atoms with E-state index in [4.69, 9.17) is 5.73 Å². The van der Waals surface area contributed by atoms with Gasteiger partial charge in [-0.25, -0.2) is 0 Å². The summed E-state index contributed by atoms with van der Waals surface area (Å²) in [5.41, 5.74) is 4.80. The van der Waals surface area contributed by atoms with Gasteiger partial charge in [-0.1, -0.05) is 20.3 Å². The molecular formula is C13H25N3O. The van der Waals surface area contributed by atoms with Crippen LogP contribution in [0.4, 0.5) is 0 Å². The Labute approximate surface area is 104 Å². The average Bonchev–Trinajstić information content (AvgIpc) is 2.54. The molecule has 2 N–H and O–H groups in total. The molecule has 17 heavy (non-hydrogen) atoms. The molecule has 4 heteroatoms. The van der Waals surface area contributed by atoms with Gasteiger partial charge in [0.15, 0.2) is 0 Å². The standard InChI is InChI=1S/C9H16N2.C4H9NO/c1-2-5-9-10-6-4-8-11(9)7-3-1;1-3(2)4(5)6/h1-8H2;3H,1-2H3,(H2,5,6). The Morgan fingerprint density at radius 2 is 1.88 bits per heavy atom. The largest absolute Gasteiger partial charge is 0.369 e. The Morgan fingerprint density at radius 3 is 2.53 bits per heavy atom. The molecule has 0 aromatic heterocycles. The summed E-state index contributed by atoms with van der Waals surface area (Å²) in [5, 5.41) is 0. The highest BCUT2D eigenvalue weighted by Crippen LogP contribution is 2.15. The molecule has 0 aromatic rings. The number of nitrogens with two attached hydrogens (primary N) is 1. The van der Waals surface area contributed by atoms with Crippen LogP contribution in [0, 0.1) is 5.92 Å². The first-order valence-corrected chi connectivity index (χ1v) is 6.69. The van der Waals surface area contributed by atoms with E-state index < -0.39 is 0 Å². The SMILES string of the molecule is C1CCC2=NCCCN2CC1.CC(C)C(N)=O. The van der Waals surface area contributed by atoms with Crippen molar-refractivity contribution < 1.29 is 4.79 Å². The van der Waals surface area contributed by atoms with Crippen LogP contribution < -0.4 is 5.73 Å². The van der Waals surface area contributed by atoms with Gasteiger partial charge in [0.1, 0.15) is 0 Å². The molecule has 0 atom stereocenters. The maximum Gasteiger partial charge on any atom is 0.219 e. The number of carbonyl (C=O) groups is 1. The number of hydrogen-bond donors (Lipinski definition) is 1. The molecule has 0 bridgehead atoms. The summed E-state index contributed by atoms with van der Waals surface area (Å²) in [7, 11) is 0. The summed E-state index contributed by atoms with van der Waals surface area (Å²) in [6.07, 6.45) is 6.63. The lowest BCUT2D eigenvalue weighted by molar-refractivity contribution is -0.120. The van der Waals surface area contributed by atoms with Crippen LogP contribution in [0.25, 0.3) is 0 Å². The second kappa shape index (κ2) is 7.30. The minimum atomic E-state index is -0.241. The van der Waals surface area contributed by atoms with E-state index >= 15 is 0 Å². The predicted molar refractivity (Wildman–Crippen MR) is 71.0 cm³/mol. The van der Waals surface area contributed by atoms with Crippen molar-refractivity contribution in [3.05, 3.63) is 0 Å². The molecule has 1 fully saturated rings.